The lowest BCUT2D eigenvalue weighted by Gasteiger charge is -2.53. The van der Waals surface area contributed by atoms with Gasteiger partial charge in [0, 0.05) is 44.9 Å². The van der Waals surface area contributed by atoms with Gasteiger partial charge in [-0.2, -0.15) is 0 Å². The Labute approximate surface area is 127 Å². The third kappa shape index (κ3) is 1.92. The average molecular weight is 311 g/mol. The number of carbonyl (C=O) groups excluding carboxylic acids is 1. The maximum Gasteiger partial charge on any atom is 0.257 e. The van der Waals surface area contributed by atoms with Gasteiger partial charge in [-0.3, -0.25) is 9.36 Å². The molecule has 0 spiro atoms. The Balaban J connectivity index is 1.49. The summed E-state index contributed by atoms with van der Waals surface area (Å²) < 4.78 is 29.1. The highest BCUT2D eigenvalue weighted by molar-refractivity contribution is 5.77. The van der Waals surface area contributed by atoms with Crippen molar-refractivity contribution in [2.75, 3.05) is 24.5 Å². The van der Waals surface area contributed by atoms with Crippen LogP contribution in [0.5, 0.6) is 0 Å². The smallest absolute Gasteiger partial charge is 0.257 e. The molecule has 8 heteroatoms. The number of hydrogen-bond acceptors (Lipinski definition) is 4. The lowest BCUT2D eigenvalue weighted by molar-refractivity contribution is -0.194. The quantitative estimate of drug-likeness (QED) is 0.837. The van der Waals surface area contributed by atoms with Crippen molar-refractivity contribution < 1.29 is 13.6 Å². The van der Waals surface area contributed by atoms with Crippen molar-refractivity contribution in [2.45, 2.75) is 31.7 Å². The maximum absolute atomic E-state index is 13.6. The van der Waals surface area contributed by atoms with Gasteiger partial charge in [0.2, 0.25) is 11.9 Å². The zero-order chi connectivity index (χ0) is 15.5. The first kappa shape index (κ1) is 13.9. The number of piperidine rings is 2. The summed E-state index contributed by atoms with van der Waals surface area (Å²) in [4.78, 5) is 15.4. The van der Waals surface area contributed by atoms with E-state index in [-0.39, 0.29) is 5.91 Å². The Hall–Kier alpha value is -1.73. The number of halogens is 2. The van der Waals surface area contributed by atoms with E-state index in [0.29, 0.717) is 44.2 Å². The van der Waals surface area contributed by atoms with Crippen molar-refractivity contribution in [3.05, 3.63) is 5.82 Å². The van der Waals surface area contributed by atoms with Crippen molar-refractivity contribution in [3.63, 3.8) is 0 Å². The van der Waals surface area contributed by atoms with E-state index in [2.05, 4.69) is 10.2 Å². The summed E-state index contributed by atoms with van der Waals surface area (Å²) in [6.07, 6.45) is 2.08. The molecule has 2 unspecified atom stereocenters. The minimum absolute atomic E-state index is 0.142. The third-order valence-corrected chi connectivity index (χ3v) is 5.27. The molecule has 1 saturated carbocycles. The van der Waals surface area contributed by atoms with Gasteiger partial charge < -0.3 is 9.80 Å². The van der Waals surface area contributed by atoms with Crippen LogP contribution < -0.4 is 4.90 Å². The first-order valence-corrected chi connectivity index (χ1v) is 7.75. The predicted molar refractivity (Wildman–Crippen MR) is 74.4 cm³/mol. The summed E-state index contributed by atoms with van der Waals surface area (Å²) >= 11 is 0. The number of anilines is 1. The molecule has 4 aliphatic rings. The van der Waals surface area contributed by atoms with E-state index < -0.39 is 17.8 Å². The average Bonchev–Trinajstić information content (AvgIpc) is 3.07. The molecule has 1 aliphatic carbocycles. The van der Waals surface area contributed by atoms with Crippen LogP contribution >= 0.6 is 0 Å². The Kier molecular flexibility index (Phi) is 2.93. The number of rotatable bonds is 3. The molecular formula is C14H19F2N5O. The molecule has 5 rings (SSSR count). The number of likely N-dealkylation sites (tertiary alicyclic amines) is 1. The molecule has 3 aliphatic heterocycles. The lowest BCUT2D eigenvalue weighted by Crippen LogP contribution is -2.63. The van der Waals surface area contributed by atoms with Gasteiger partial charge >= 0.3 is 0 Å². The van der Waals surface area contributed by atoms with E-state index >= 15 is 0 Å². The first-order chi connectivity index (χ1) is 10.5. The number of hydrogen-bond donors (Lipinski definition) is 0. The fraction of sp³-hybridized carbons (Fsp3) is 0.786. The van der Waals surface area contributed by atoms with Crippen LogP contribution in [-0.4, -0.2) is 51.1 Å². The fourth-order valence-corrected chi connectivity index (χ4v) is 3.80. The van der Waals surface area contributed by atoms with Gasteiger partial charge in [-0.15, -0.1) is 10.2 Å². The van der Waals surface area contributed by atoms with Crippen LogP contribution in [-0.2, 0) is 18.4 Å². The van der Waals surface area contributed by atoms with Crippen LogP contribution in [0.1, 0.15) is 25.1 Å². The molecule has 0 aromatic carbocycles. The standard InChI is InChI=1S/C14H19F2N5O/c1-19-11(8-20-4-2-3-12(20)22)17-18-13(19)21-6-9-5-10(7-21)14(9,15)16/h9-10H,2-8H2,1H3. The van der Waals surface area contributed by atoms with E-state index in [4.69, 9.17) is 0 Å². The van der Waals surface area contributed by atoms with E-state index in [1.165, 1.54) is 0 Å². The monoisotopic (exact) mass is 311 g/mol. The number of aromatic nitrogens is 3. The molecule has 4 fully saturated rings. The largest absolute Gasteiger partial charge is 0.340 e. The molecule has 0 radical (unpaired) electrons. The molecule has 2 bridgehead atoms. The zero-order valence-electron chi connectivity index (χ0n) is 12.5. The second-order valence-electron chi connectivity index (χ2n) is 6.60. The first-order valence-electron chi connectivity index (χ1n) is 7.75. The van der Waals surface area contributed by atoms with Crippen LogP contribution in [0, 0.1) is 11.8 Å². The van der Waals surface area contributed by atoms with Crippen LogP contribution in [0.4, 0.5) is 14.7 Å². The second kappa shape index (κ2) is 4.63. The number of carbonyl (C=O) groups is 1. The van der Waals surface area contributed by atoms with Crippen molar-refractivity contribution in [3.8, 4) is 0 Å². The highest BCUT2D eigenvalue weighted by Gasteiger charge is 2.61. The second-order valence-corrected chi connectivity index (χ2v) is 6.60. The molecule has 6 nitrogen and oxygen atoms in total. The van der Waals surface area contributed by atoms with Gasteiger partial charge in [0.25, 0.3) is 5.92 Å². The number of amides is 1. The van der Waals surface area contributed by atoms with Gasteiger partial charge in [0.15, 0.2) is 5.82 Å². The minimum atomic E-state index is -2.51. The van der Waals surface area contributed by atoms with Gasteiger partial charge in [-0.1, -0.05) is 0 Å². The summed E-state index contributed by atoms with van der Waals surface area (Å²) in [6.45, 7) is 1.86. The van der Waals surface area contributed by atoms with Gasteiger partial charge in [-0.05, 0) is 12.8 Å². The Morgan fingerprint density at radius 1 is 1.27 bits per heavy atom. The molecule has 120 valence electrons. The van der Waals surface area contributed by atoms with Gasteiger partial charge in [0.05, 0.1) is 6.54 Å². The van der Waals surface area contributed by atoms with E-state index in [1.54, 1.807) is 4.90 Å². The van der Waals surface area contributed by atoms with Crippen LogP contribution in [0.25, 0.3) is 0 Å². The molecule has 2 atom stereocenters. The fourth-order valence-electron chi connectivity index (χ4n) is 3.80. The molecule has 22 heavy (non-hydrogen) atoms. The van der Waals surface area contributed by atoms with Crippen molar-refractivity contribution in [2.24, 2.45) is 18.9 Å². The van der Waals surface area contributed by atoms with Crippen LogP contribution in [0.2, 0.25) is 0 Å². The SMILES string of the molecule is Cn1c(CN2CCCC2=O)nnc1N1CC2CC(C1)C2(F)F. The van der Waals surface area contributed by atoms with Crippen molar-refractivity contribution in [1.82, 2.24) is 19.7 Å². The Morgan fingerprint density at radius 3 is 2.59 bits per heavy atom. The predicted octanol–water partition coefficient (Wildman–Crippen LogP) is 1.03. The highest BCUT2D eigenvalue weighted by atomic mass is 19.3. The summed E-state index contributed by atoms with van der Waals surface area (Å²) in [7, 11) is 1.84. The van der Waals surface area contributed by atoms with E-state index in [0.717, 1.165) is 13.0 Å². The topological polar surface area (TPSA) is 54.3 Å². The number of alkyl halides is 2. The molecule has 4 heterocycles. The molecule has 1 aromatic rings. The molecule has 0 N–H and O–H groups in total. The van der Waals surface area contributed by atoms with Crippen molar-refractivity contribution >= 4 is 11.9 Å². The molecule has 1 amide bonds. The lowest BCUT2D eigenvalue weighted by atomic mass is 9.67. The van der Waals surface area contributed by atoms with E-state index in [1.807, 2.05) is 16.5 Å². The molecule has 3 saturated heterocycles. The zero-order valence-corrected chi connectivity index (χ0v) is 12.5. The summed E-state index contributed by atoms with van der Waals surface area (Å²) in [5.74, 6) is -2.16. The Bertz CT molecular complexity index is 602. The van der Waals surface area contributed by atoms with E-state index in [9.17, 15) is 13.6 Å². The highest BCUT2D eigenvalue weighted by Crippen LogP contribution is 2.52. The molecule has 1 aromatic heterocycles. The summed E-state index contributed by atoms with van der Waals surface area (Å²) in [6, 6.07) is 0. The van der Waals surface area contributed by atoms with Gasteiger partial charge in [-0.25, -0.2) is 8.78 Å². The summed E-state index contributed by atoms with van der Waals surface area (Å²) in [5.41, 5.74) is 0. The maximum atomic E-state index is 13.6. The van der Waals surface area contributed by atoms with Crippen LogP contribution in [0.15, 0.2) is 0 Å². The number of nitrogens with zero attached hydrogens (tertiary/aromatic N) is 5. The van der Waals surface area contributed by atoms with Crippen LogP contribution in [0.3, 0.4) is 0 Å². The third-order valence-electron chi connectivity index (χ3n) is 5.27. The van der Waals surface area contributed by atoms with Crippen molar-refractivity contribution in [1.29, 1.82) is 0 Å². The Morgan fingerprint density at radius 2 is 2.00 bits per heavy atom. The summed E-state index contributed by atoms with van der Waals surface area (Å²) in [5, 5.41) is 8.32. The molecular weight excluding hydrogens is 292 g/mol. The van der Waals surface area contributed by atoms with Gasteiger partial charge in [0.1, 0.15) is 0 Å². The normalized spacial score (nSPS) is 29.9. The number of fused-ring (bicyclic) bond motifs is 2. The minimum Gasteiger partial charge on any atom is -0.340 e.